The van der Waals surface area contributed by atoms with Gasteiger partial charge < -0.3 is 10.1 Å². The number of carbonyl (C=O) groups excluding carboxylic acids is 1. The van der Waals surface area contributed by atoms with Crippen molar-refractivity contribution >= 4 is 29.2 Å². The molecule has 0 saturated heterocycles. The second kappa shape index (κ2) is 6.79. The number of nitrogens with one attached hydrogen (secondary N) is 1. The van der Waals surface area contributed by atoms with E-state index in [0.29, 0.717) is 12.1 Å². The highest BCUT2D eigenvalue weighted by molar-refractivity contribution is 6.32. The standard InChI is InChI=1S/C11H14Cl2N2O2/c1-3-14-7(2)11(16)17-6-8-4-9(12)15-10(13)5-8/h4-5,7,14H,3,6H2,1-2H3/t7-/m0/s1. The number of hydrogen-bond acceptors (Lipinski definition) is 4. The number of rotatable bonds is 5. The molecule has 1 rings (SSSR count). The van der Waals surface area contributed by atoms with Gasteiger partial charge >= 0.3 is 5.97 Å². The minimum absolute atomic E-state index is 0.135. The Kier molecular flexibility index (Phi) is 5.68. The molecule has 6 heteroatoms. The van der Waals surface area contributed by atoms with Crippen molar-refractivity contribution in [2.24, 2.45) is 0 Å². The molecule has 0 spiro atoms. The molecule has 17 heavy (non-hydrogen) atoms. The van der Waals surface area contributed by atoms with Crippen LogP contribution in [-0.4, -0.2) is 23.5 Å². The van der Waals surface area contributed by atoms with Crippen LogP contribution < -0.4 is 5.32 Å². The van der Waals surface area contributed by atoms with Crippen molar-refractivity contribution in [1.29, 1.82) is 0 Å². The summed E-state index contributed by atoms with van der Waals surface area (Å²) in [4.78, 5) is 15.3. The molecule has 0 fully saturated rings. The molecule has 1 N–H and O–H groups in total. The van der Waals surface area contributed by atoms with E-state index in [9.17, 15) is 4.79 Å². The quantitative estimate of drug-likeness (QED) is 0.663. The normalized spacial score (nSPS) is 12.2. The second-order valence-electron chi connectivity index (χ2n) is 3.51. The molecule has 4 nitrogen and oxygen atoms in total. The van der Waals surface area contributed by atoms with Gasteiger partial charge in [0.05, 0.1) is 0 Å². The molecule has 0 bridgehead atoms. The second-order valence-corrected chi connectivity index (χ2v) is 4.28. The molecular formula is C11H14Cl2N2O2. The van der Waals surface area contributed by atoms with Gasteiger partial charge in [-0.2, -0.15) is 0 Å². The summed E-state index contributed by atoms with van der Waals surface area (Å²) >= 11 is 11.5. The van der Waals surface area contributed by atoms with Crippen molar-refractivity contribution in [2.75, 3.05) is 6.54 Å². The van der Waals surface area contributed by atoms with E-state index in [1.165, 1.54) is 0 Å². The molecule has 0 saturated carbocycles. The predicted molar refractivity (Wildman–Crippen MR) is 67.2 cm³/mol. The summed E-state index contributed by atoms with van der Waals surface area (Å²) < 4.78 is 5.11. The number of hydrogen-bond donors (Lipinski definition) is 1. The first-order valence-corrected chi connectivity index (χ1v) is 6.00. The zero-order valence-corrected chi connectivity index (χ0v) is 11.2. The number of likely N-dealkylation sites (N-methyl/N-ethyl adjacent to an activating group) is 1. The molecule has 0 aliphatic heterocycles. The van der Waals surface area contributed by atoms with Crippen molar-refractivity contribution in [3.05, 3.63) is 28.0 Å². The van der Waals surface area contributed by atoms with Gasteiger partial charge in [-0.3, -0.25) is 4.79 Å². The Morgan fingerprint density at radius 1 is 1.47 bits per heavy atom. The Balaban J connectivity index is 2.52. The average molecular weight is 277 g/mol. The van der Waals surface area contributed by atoms with E-state index >= 15 is 0 Å². The van der Waals surface area contributed by atoms with E-state index in [1.54, 1.807) is 19.1 Å². The molecule has 0 aromatic carbocycles. The highest BCUT2D eigenvalue weighted by Crippen LogP contribution is 2.15. The topological polar surface area (TPSA) is 51.2 Å². The van der Waals surface area contributed by atoms with Gasteiger partial charge in [-0.05, 0) is 31.2 Å². The third-order valence-electron chi connectivity index (χ3n) is 2.07. The minimum atomic E-state index is -0.326. The number of carbonyl (C=O) groups is 1. The Morgan fingerprint density at radius 3 is 2.59 bits per heavy atom. The van der Waals surface area contributed by atoms with Gasteiger partial charge in [0, 0.05) is 0 Å². The molecule has 1 aromatic heterocycles. The number of ether oxygens (including phenoxy) is 1. The van der Waals surface area contributed by atoms with E-state index in [0.717, 1.165) is 0 Å². The highest BCUT2D eigenvalue weighted by atomic mass is 35.5. The van der Waals surface area contributed by atoms with Crippen LogP contribution in [0.3, 0.4) is 0 Å². The zero-order chi connectivity index (χ0) is 12.8. The molecular weight excluding hydrogens is 263 g/mol. The molecule has 1 heterocycles. The first-order chi connectivity index (χ1) is 8.02. The van der Waals surface area contributed by atoms with Crippen LogP contribution in [0.15, 0.2) is 12.1 Å². The van der Waals surface area contributed by atoms with E-state index in [1.807, 2.05) is 6.92 Å². The van der Waals surface area contributed by atoms with Gasteiger partial charge in [-0.15, -0.1) is 0 Å². The predicted octanol–water partition coefficient (Wildman–Crippen LogP) is 2.43. The lowest BCUT2D eigenvalue weighted by Gasteiger charge is -2.11. The Bertz CT molecular complexity index is 379. The lowest BCUT2D eigenvalue weighted by Crippen LogP contribution is -2.34. The monoisotopic (exact) mass is 276 g/mol. The SMILES string of the molecule is CCN[C@@H](C)C(=O)OCc1cc(Cl)nc(Cl)c1. The fourth-order valence-electron chi connectivity index (χ4n) is 1.27. The van der Waals surface area contributed by atoms with Crippen molar-refractivity contribution in [3.8, 4) is 0 Å². The van der Waals surface area contributed by atoms with Crippen LogP contribution in [0.5, 0.6) is 0 Å². The van der Waals surface area contributed by atoms with Crippen LogP contribution >= 0.6 is 23.2 Å². The fourth-order valence-corrected chi connectivity index (χ4v) is 1.77. The van der Waals surface area contributed by atoms with Gasteiger partial charge in [-0.1, -0.05) is 30.1 Å². The van der Waals surface area contributed by atoms with Crippen molar-refractivity contribution in [3.63, 3.8) is 0 Å². The molecule has 94 valence electrons. The molecule has 0 unspecified atom stereocenters. The number of nitrogens with zero attached hydrogens (tertiary/aromatic N) is 1. The van der Waals surface area contributed by atoms with E-state index in [2.05, 4.69) is 10.3 Å². The summed E-state index contributed by atoms with van der Waals surface area (Å²) in [6.45, 7) is 4.52. The van der Waals surface area contributed by atoms with Crippen molar-refractivity contribution < 1.29 is 9.53 Å². The zero-order valence-electron chi connectivity index (χ0n) is 9.67. The maximum atomic E-state index is 11.5. The third-order valence-corrected chi connectivity index (χ3v) is 2.45. The van der Waals surface area contributed by atoms with Crippen LogP contribution in [0.1, 0.15) is 19.4 Å². The number of pyridine rings is 1. The largest absolute Gasteiger partial charge is 0.460 e. The molecule has 1 aromatic rings. The maximum absolute atomic E-state index is 11.5. The highest BCUT2D eigenvalue weighted by Gasteiger charge is 2.12. The molecule has 1 atom stereocenters. The summed E-state index contributed by atoms with van der Waals surface area (Å²) in [5.74, 6) is -0.309. The summed E-state index contributed by atoms with van der Waals surface area (Å²) in [6, 6.07) is 2.89. The Labute approximate surface area is 110 Å². The van der Waals surface area contributed by atoms with Crippen LogP contribution in [0.2, 0.25) is 10.3 Å². The van der Waals surface area contributed by atoms with Gasteiger partial charge in [0.2, 0.25) is 0 Å². The Hall–Kier alpha value is -0.840. The summed E-state index contributed by atoms with van der Waals surface area (Å²) in [6.07, 6.45) is 0. The van der Waals surface area contributed by atoms with Crippen LogP contribution in [0, 0.1) is 0 Å². The molecule has 0 amide bonds. The van der Waals surface area contributed by atoms with E-state index in [-0.39, 0.29) is 28.9 Å². The molecule has 0 aliphatic carbocycles. The van der Waals surface area contributed by atoms with E-state index < -0.39 is 0 Å². The number of halogens is 2. The number of esters is 1. The summed E-state index contributed by atoms with van der Waals surface area (Å²) in [5, 5.41) is 3.53. The average Bonchev–Trinajstić information content (AvgIpc) is 2.25. The first-order valence-electron chi connectivity index (χ1n) is 5.25. The van der Waals surface area contributed by atoms with E-state index in [4.69, 9.17) is 27.9 Å². The van der Waals surface area contributed by atoms with Crippen molar-refractivity contribution in [1.82, 2.24) is 10.3 Å². The van der Waals surface area contributed by atoms with Crippen molar-refractivity contribution in [2.45, 2.75) is 26.5 Å². The first kappa shape index (κ1) is 14.2. The Morgan fingerprint density at radius 2 is 2.06 bits per heavy atom. The molecule has 0 aliphatic rings. The smallest absolute Gasteiger partial charge is 0.323 e. The van der Waals surface area contributed by atoms with Crippen LogP contribution in [0.25, 0.3) is 0 Å². The van der Waals surface area contributed by atoms with Crippen LogP contribution in [-0.2, 0) is 16.1 Å². The van der Waals surface area contributed by atoms with Gasteiger partial charge in [0.15, 0.2) is 0 Å². The van der Waals surface area contributed by atoms with Gasteiger partial charge in [-0.25, -0.2) is 4.98 Å². The lowest BCUT2D eigenvalue weighted by molar-refractivity contribution is -0.147. The summed E-state index contributed by atoms with van der Waals surface area (Å²) in [7, 11) is 0. The third kappa shape index (κ3) is 4.89. The lowest BCUT2D eigenvalue weighted by atomic mass is 10.3. The summed E-state index contributed by atoms with van der Waals surface area (Å²) in [5.41, 5.74) is 0.715. The number of aromatic nitrogens is 1. The van der Waals surface area contributed by atoms with Crippen LogP contribution in [0.4, 0.5) is 0 Å². The fraction of sp³-hybridized carbons (Fsp3) is 0.455. The molecule has 0 radical (unpaired) electrons. The van der Waals surface area contributed by atoms with Gasteiger partial charge in [0.1, 0.15) is 23.0 Å². The minimum Gasteiger partial charge on any atom is -0.460 e. The van der Waals surface area contributed by atoms with Gasteiger partial charge in [0.25, 0.3) is 0 Å². The maximum Gasteiger partial charge on any atom is 0.323 e.